The van der Waals surface area contributed by atoms with Gasteiger partial charge in [-0.3, -0.25) is 5.10 Å². The molecular formula is C12H13ClN4O2S2. The fourth-order valence-corrected chi connectivity index (χ4v) is 3.57. The molecule has 4 N–H and O–H groups in total. The lowest BCUT2D eigenvalue weighted by Gasteiger charge is -2.13. The number of hydrogen-bond donors (Lipinski definition) is 3. The molecular weight excluding hydrogens is 332 g/mol. The number of aromatic nitrogens is 2. The number of nitrogens with two attached hydrogens (primary N) is 1. The quantitative estimate of drug-likeness (QED) is 0.717. The van der Waals surface area contributed by atoms with Crippen LogP contribution in [0.1, 0.15) is 24.1 Å². The Morgan fingerprint density at radius 3 is 2.76 bits per heavy atom. The number of nitrogens with one attached hydrogen (secondary N) is 2. The molecule has 112 valence electrons. The first-order chi connectivity index (χ1) is 9.81. The minimum absolute atomic E-state index is 0.0443. The first-order valence-electron chi connectivity index (χ1n) is 5.91. The van der Waals surface area contributed by atoms with Gasteiger partial charge in [0.25, 0.3) is 0 Å². The summed E-state index contributed by atoms with van der Waals surface area (Å²) in [5.74, 6) is 0. The highest BCUT2D eigenvalue weighted by molar-refractivity contribution is 7.89. The molecule has 2 aromatic rings. The molecule has 0 amide bonds. The van der Waals surface area contributed by atoms with Crippen LogP contribution in [0.5, 0.6) is 0 Å². The summed E-state index contributed by atoms with van der Waals surface area (Å²) in [4.78, 5) is 0.159. The normalized spacial score (nSPS) is 13.0. The second-order valence-electron chi connectivity index (χ2n) is 4.38. The summed E-state index contributed by atoms with van der Waals surface area (Å²) in [5, 5.41) is 6.61. The van der Waals surface area contributed by atoms with Gasteiger partial charge >= 0.3 is 0 Å². The molecule has 2 rings (SSSR count). The third kappa shape index (κ3) is 3.59. The number of sulfonamides is 1. The van der Waals surface area contributed by atoms with E-state index in [0.29, 0.717) is 5.56 Å². The molecule has 0 bridgehead atoms. The molecule has 1 heterocycles. The Morgan fingerprint density at radius 2 is 2.24 bits per heavy atom. The van der Waals surface area contributed by atoms with Crippen molar-refractivity contribution in [2.75, 3.05) is 0 Å². The number of rotatable bonds is 5. The Balaban J connectivity index is 2.28. The van der Waals surface area contributed by atoms with Crippen molar-refractivity contribution in [1.82, 2.24) is 14.9 Å². The van der Waals surface area contributed by atoms with E-state index < -0.39 is 16.1 Å². The lowest BCUT2D eigenvalue weighted by atomic mass is 10.2. The van der Waals surface area contributed by atoms with Crippen LogP contribution in [-0.4, -0.2) is 23.6 Å². The summed E-state index contributed by atoms with van der Waals surface area (Å²) in [5.41, 5.74) is 6.65. The molecule has 0 saturated heterocycles. The predicted octanol–water partition coefficient (Wildman–Crippen LogP) is 1.74. The van der Waals surface area contributed by atoms with E-state index >= 15 is 0 Å². The van der Waals surface area contributed by atoms with Gasteiger partial charge in [-0.05, 0) is 25.1 Å². The van der Waals surface area contributed by atoms with Crippen molar-refractivity contribution in [3.8, 4) is 0 Å². The Labute approximate surface area is 132 Å². The van der Waals surface area contributed by atoms with Crippen molar-refractivity contribution >= 4 is 38.8 Å². The number of halogens is 1. The van der Waals surface area contributed by atoms with E-state index in [9.17, 15) is 8.42 Å². The van der Waals surface area contributed by atoms with E-state index in [2.05, 4.69) is 14.9 Å². The van der Waals surface area contributed by atoms with Crippen molar-refractivity contribution in [2.45, 2.75) is 17.9 Å². The zero-order valence-corrected chi connectivity index (χ0v) is 13.4. The van der Waals surface area contributed by atoms with Crippen LogP contribution in [0.15, 0.2) is 35.5 Å². The van der Waals surface area contributed by atoms with Gasteiger partial charge in [0, 0.05) is 23.4 Å². The number of thiocarbonyl (C=S) groups is 1. The zero-order chi connectivity index (χ0) is 15.6. The van der Waals surface area contributed by atoms with Crippen LogP contribution in [0.3, 0.4) is 0 Å². The first kappa shape index (κ1) is 15.9. The molecule has 1 aromatic heterocycles. The molecule has 1 atom stereocenters. The van der Waals surface area contributed by atoms with Gasteiger partial charge in [0.15, 0.2) is 0 Å². The van der Waals surface area contributed by atoms with Crippen molar-refractivity contribution in [3.05, 3.63) is 46.7 Å². The van der Waals surface area contributed by atoms with Crippen LogP contribution in [-0.2, 0) is 10.0 Å². The number of hydrogen-bond acceptors (Lipinski definition) is 4. The van der Waals surface area contributed by atoms with Gasteiger partial charge in [-0.1, -0.05) is 23.8 Å². The molecule has 21 heavy (non-hydrogen) atoms. The molecule has 0 fully saturated rings. The Hall–Kier alpha value is -1.48. The van der Waals surface area contributed by atoms with Crippen molar-refractivity contribution in [1.29, 1.82) is 0 Å². The van der Waals surface area contributed by atoms with Gasteiger partial charge in [-0.2, -0.15) is 5.10 Å². The average Bonchev–Trinajstić information content (AvgIpc) is 2.91. The van der Waals surface area contributed by atoms with Crippen molar-refractivity contribution in [3.63, 3.8) is 0 Å². The topological polar surface area (TPSA) is 101 Å². The van der Waals surface area contributed by atoms with Gasteiger partial charge in [-0.25, -0.2) is 13.1 Å². The Kier molecular flexibility index (Phi) is 4.62. The number of H-pyrrole nitrogens is 1. The minimum atomic E-state index is -3.71. The lowest BCUT2D eigenvalue weighted by molar-refractivity contribution is 0.567. The fourth-order valence-electron chi connectivity index (χ4n) is 1.73. The fraction of sp³-hybridized carbons (Fsp3) is 0.167. The molecule has 0 aliphatic heterocycles. The van der Waals surface area contributed by atoms with E-state index in [1.165, 1.54) is 18.2 Å². The van der Waals surface area contributed by atoms with Crippen LogP contribution in [0.2, 0.25) is 5.02 Å². The molecule has 0 aliphatic rings. The van der Waals surface area contributed by atoms with E-state index in [1.807, 2.05) is 0 Å². The highest BCUT2D eigenvalue weighted by atomic mass is 35.5. The molecule has 9 heteroatoms. The first-order valence-corrected chi connectivity index (χ1v) is 8.18. The van der Waals surface area contributed by atoms with Crippen molar-refractivity contribution in [2.24, 2.45) is 5.73 Å². The number of nitrogens with zero attached hydrogens (tertiary/aromatic N) is 1. The van der Waals surface area contributed by atoms with Crippen LogP contribution in [0.4, 0.5) is 0 Å². The summed E-state index contributed by atoms with van der Waals surface area (Å²) in [6, 6.07) is 3.79. The smallest absolute Gasteiger partial charge is 0.241 e. The zero-order valence-electron chi connectivity index (χ0n) is 11.0. The second-order valence-corrected chi connectivity index (χ2v) is 6.94. The minimum Gasteiger partial charge on any atom is -0.389 e. The van der Waals surface area contributed by atoms with Gasteiger partial charge in [0.05, 0.1) is 16.1 Å². The molecule has 1 unspecified atom stereocenters. The van der Waals surface area contributed by atoms with Gasteiger partial charge in [0.1, 0.15) is 4.99 Å². The largest absolute Gasteiger partial charge is 0.389 e. The number of aromatic amines is 1. The lowest BCUT2D eigenvalue weighted by Crippen LogP contribution is -2.26. The average molecular weight is 345 g/mol. The van der Waals surface area contributed by atoms with Crippen LogP contribution >= 0.6 is 23.8 Å². The Bertz CT molecular complexity index is 760. The van der Waals surface area contributed by atoms with Gasteiger partial charge in [-0.15, -0.1) is 0 Å². The maximum Gasteiger partial charge on any atom is 0.241 e. The maximum atomic E-state index is 12.3. The summed E-state index contributed by atoms with van der Waals surface area (Å²) in [7, 11) is -3.71. The third-order valence-corrected chi connectivity index (χ3v) is 4.94. The molecule has 0 aliphatic carbocycles. The highest BCUT2D eigenvalue weighted by Crippen LogP contribution is 2.22. The molecule has 0 radical (unpaired) electrons. The molecule has 1 aromatic carbocycles. The van der Waals surface area contributed by atoms with Crippen LogP contribution in [0.25, 0.3) is 0 Å². The SMILES string of the molecule is CC(NS(=O)(=O)c1ccc(C(N)=S)c(Cl)c1)c1cn[nH]c1. The van der Waals surface area contributed by atoms with Crippen LogP contribution < -0.4 is 10.5 Å². The summed E-state index contributed by atoms with van der Waals surface area (Å²) >= 11 is 10.8. The molecule has 0 spiro atoms. The Morgan fingerprint density at radius 1 is 1.52 bits per heavy atom. The third-order valence-electron chi connectivity index (χ3n) is 2.87. The van der Waals surface area contributed by atoms with Crippen LogP contribution in [0, 0.1) is 0 Å². The predicted molar refractivity (Wildman–Crippen MR) is 84.7 cm³/mol. The van der Waals surface area contributed by atoms with E-state index in [0.717, 1.165) is 5.56 Å². The van der Waals surface area contributed by atoms with E-state index in [-0.39, 0.29) is 14.9 Å². The monoisotopic (exact) mass is 344 g/mol. The number of benzene rings is 1. The maximum absolute atomic E-state index is 12.3. The molecule has 6 nitrogen and oxygen atoms in total. The standard InChI is InChI=1S/C12H13ClN4O2S2/c1-7(8-5-15-16-6-8)17-21(18,19)9-2-3-10(12(14)20)11(13)4-9/h2-7,17H,1H3,(H2,14,20)(H,15,16). The van der Waals surface area contributed by atoms with E-state index in [1.54, 1.807) is 19.3 Å². The van der Waals surface area contributed by atoms with Gasteiger partial charge in [0.2, 0.25) is 10.0 Å². The second kappa shape index (κ2) is 6.10. The molecule has 0 saturated carbocycles. The summed E-state index contributed by atoms with van der Waals surface area (Å²) in [6.07, 6.45) is 3.17. The highest BCUT2D eigenvalue weighted by Gasteiger charge is 2.20. The summed E-state index contributed by atoms with van der Waals surface area (Å²) < 4.78 is 27.2. The summed E-state index contributed by atoms with van der Waals surface area (Å²) in [6.45, 7) is 1.72. The van der Waals surface area contributed by atoms with E-state index in [4.69, 9.17) is 29.6 Å². The van der Waals surface area contributed by atoms with Gasteiger partial charge < -0.3 is 5.73 Å². The van der Waals surface area contributed by atoms with Crippen molar-refractivity contribution < 1.29 is 8.42 Å².